The number of pyridine rings is 1. The SMILES string of the molecule is O=C(c1cc2c(cn1)CCC=C2)N(Cc1ccccc1)OCC1=CCCC=C1. The molecule has 142 valence electrons. The third-order valence-electron chi connectivity index (χ3n) is 4.97. The van der Waals surface area contributed by atoms with Crippen molar-refractivity contribution < 1.29 is 9.63 Å². The summed E-state index contributed by atoms with van der Waals surface area (Å²) in [6.07, 6.45) is 16.4. The molecule has 0 saturated carbocycles. The molecule has 4 nitrogen and oxygen atoms in total. The fourth-order valence-electron chi connectivity index (χ4n) is 3.41. The standard InChI is InChI=1S/C24H24N2O2/c27-24(23-15-21-13-7-8-14-22(21)16-25-23)26(17-19-9-3-1-4-10-19)28-18-20-11-5-2-6-12-20/h1,3-5,7,9-13,15-16H,2,6,8,14,17-18H2. The van der Waals surface area contributed by atoms with Crippen LogP contribution in [0.25, 0.3) is 6.08 Å². The fraction of sp³-hybridized carbons (Fsp3) is 0.250. The third kappa shape index (κ3) is 4.46. The summed E-state index contributed by atoms with van der Waals surface area (Å²) in [5.41, 5.74) is 4.78. The molecule has 28 heavy (non-hydrogen) atoms. The highest BCUT2D eigenvalue weighted by molar-refractivity contribution is 5.92. The molecular weight excluding hydrogens is 348 g/mol. The molecule has 1 heterocycles. The van der Waals surface area contributed by atoms with Crippen molar-refractivity contribution in [2.75, 3.05) is 6.61 Å². The van der Waals surface area contributed by atoms with Gasteiger partial charge < -0.3 is 0 Å². The van der Waals surface area contributed by atoms with Crippen molar-refractivity contribution in [1.82, 2.24) is 10.0 Å². The predicted octanol–water partition coefficient (Wildman–Crippen LogP) is 4.89. The Labute approximate surface area is 165 Å². The minimum absolute atomic E-state index is 0.217. The summed E-state index contributed by atoms with van der Waals surface area (Å²) in [5, 5.41) is 1.43. The van der Waals surface area contributed by atoms with E-state index in [-0.39, 0.29) is 5.91 Å². The number of nitrogens with zero attached hydrogens (tertiary/aromatic N) is 2. The number of hydroxylamine groups is 2. The minimum atomic E-state index is -0.217. The summed E-state index contributed by atoms with van der Waals surface area (Å²) in [5.74, 6) is -0.217. The zero-order valence-electron chi connectivity index (χ0n) is 15.9. The zero-order chi connectivity index (χ0) is 19.2. The van der Waals surface area contributed by atoms with Gasteiger partial charge in [-0.3, -0.25) is 14.6 Å². The van der Waals surface area contributed by atoms with E-state index in [4.69, 9.17) is 4.84 Å². The van der Waals surface area contributed by atoms with E-state index in [2.05, 4.69) is 35.4 Å². The summed E-state index contributed by atoms with van der Waals surface area (Å²) >= 11 is 0. The number of aryl methyl sites for hydroxylation is 1. The Morgan fingerprint density at radius 3 is 2.75 bits per heavy atom. The first-order chi connectivity index (χ1) is 13.8. The number of carbonyl (C=O) groups is 1. The molecule has 0 aliphatic heterocycles. The van der Waals surface area contributed by atoms with Gasteiger partial charge in [0.05, 0.1) is 13.2 Å². The van der Waals surface area contributed by atoms with Gasteiger partial charge in [0.25, 0.3) is 5.91 Å². The van der Waals surface area contributed by atoms with Crippen LogP contribution >= 0.6 is 0 Å². The number of hydrogen-bond acceptors (Lipinski definition) is 3. The average Bonchev–Trinajstić information content (AvgIpc) is 2.77. The van der Waals surface area contributed by atoms with Gasteiger partial charge in [-0.1, -0.05) is 60.7 Å². The third-order valence-corrected chi connectivity index (χ3v) is 4.97. The Kier molecular flexibility index (Phi) is 5.78. The molecule has 4 rings (SSSR count). The summed E-state index contributed by atoms with van der Waals surface area (Å²) in [6, 6.07) is 11.7. The number of allylic oxidation sites excluding steroid dienone is 3. The summed E-state index contributed by atoms with van der Waals surface area (Å²) in [6.45, 7) is 0.755. The topological polar surface area (TPSA) is 42.4 Å². The summed E-state index contributed by atoms with van der Waals surface area (Å²) in [7, 11) is 0. The van der Waals surface area contributed by atoms with Crippen molar-refractivity contribution in [3.8, 4) is 0 Å². The van der Waals surface area contributed by atoms with Gasteiger partial charge in [-0.15, -0.1) is 0 Å². The van der Waals surface area contributed by atoms with Gasteiger partial charge in [0.15, 0.2) is 0 Å². The van der Waals surface area contributed by atoms with Gasteiger partial charge in [0, 0.05) is 6.20 Å². The Bertz CT molecular complexity index is 929. The van der Waals surface area contributed by atoms with E-state index in [0.29, 0.717) is 18.8 Å². The van der Waals surface area contributed by atoms with Gasteiger partial charge in [-0.25, -0.2) is 5.06 Å². The van der Waals surface area contributed by atoms with E-state index in [9.17, 15) is 4.79 Å². The molecule has 1 aromatic carbocycles. The van der Waals surface area contributed by atoms with Crippen LogP contribution in [0.5, 0.6) is 0 Å². The lowest BCUT2D eigenvalue weighted by molar-refractivity contribution is -0.120. The average molecular weight is 372 g/mol. The molecule has 0 saturated heterocycles. The van der Waals surface area contributed by atoms with E-state index in [1.54, 1.807) is 0 Å². The number of carbonyl (C=O) groups excluding carboxylic acids is 1. The van der Waals surface area contributed by atoms with Crippen LogP contribution in [0.4, 0.5) is 0 Å². The van der Waals surface area contributed by atoms with E-state index in [1.807, 2.05) is 42.6 Å². The van der Waals surface area contributed by atoms with Crippen LogP contribution in [0.3, 0.4) is 0 Å². The van der Waals surface area contributed by atoms with Gasteiger partial charge in [-0.2, -0.15) is 0 Å². The molecule has 0 N–H and O–H groups in total. The number of rotatable bonds is 6. The second-order valence-electron chi connectivity index (χ2n) is 7.07. The zero-order valence-corrected chi connectivity index (χ0v) is 15.9. The molecule has 0 bridgehead atoms. The second-order valence-corrected chi connectivity index (χ2v) is 7.07. The van der Waals surface area contributed by atoms with Gasteiger partial charge in [0.1, 0.15) is 5.69 Å². The quantitative estimate of drug-likeness (QED) is 0.678. The van der Waals surface area contributed by atoms with E-state index < -0.39 is 0 Å². The van der Waals surface area contributed by atoms with Crippen molar-refractivity contribution in [2.24, 2.45) is 0 Å². The molecule has 0 fully saturated rings. The maximum absolute atomic E-state index is 13.2. The van der Waals surface area contributed by atoms with Gasteiger partial charge in [-0.05, 0) is 54.0 Å². The van der Waals surface area contributed by atoms with Crippen LogP contribution in [0, 0.1) is 0 Å². The van der Waals surface area contributed by atoms with Crippen molar-refractivity contribution in [1.29, 1.82) is 0 Å². The van der Waals surface area contributed by atoms with Gasteiger partial charge >= 0.3 is 0 Å². The Morgan fingerprint density at radius 1 is 1.07 bits per heavy atom. The Hall–Kier alpha value is -2.98. The summed E-state index contributed by atoms with van der Waals surface area (Å²) in [4.78, 5) is 23.6. The molecule has 0 radical (unpaired) electrons. The molecule has 2 aliphatic rings. The second kappa shape index (κ2) is 8.81. The lowest BCUT2D eigenvalue weighted by Crippen LogP contribution is -2.32. The largest absolute Gasteiger partial charge is 0.296 e. The monoisotopic (exact) mass is 372 g/mol. The van der Waals surface area contributed by atoms with Crippen LogP contribution in [-0.2, 0) is 17.8 Å². The van der Waals surface area contributed by atoms with Crippen molar-refractivity contribution >= 4 is 12.0 Å². The highest BCUT2D eigenvalue weighted by atomic mass is 16.7. The molecule has 2 aliphatic carbocycles. The minimum Gasteiger partial charge on any atom is -0.266 e. The molecule has 0 atom stereocenters. The lowest BCUT2D eigenvalue weighted by Gasteiger charge is -2.23. The normalized spacial score (nSPS) is 15.1. The van der Waals surface area contributed by atoms with Crippen molar-refractivity contribution in [3.05, 3.63) is 94.9 Å². The number of aromatic nitrogens is 1. The van der Waals surface area contributed by atoms with E-state index >= 15 is 0 Å². The first kappa shape index (κ1) is 18.4. The van der Waals surface area contributed by atoms with Crippen LogP contribution in [0.15, 0.2) is 72.5 Å². The number of benzene rings is 1. The number of hydrogen-bond donors (Lipinski definition) is 0. The molecule has 0 spiro atoms. The van der Waals surface area contributed by atoms with Crippen LogP contribution in [0.1, 0.15) is 46.4 Å². The number of amides is 1. The smallest absolute Gasteiger partial charge is 0.266 e. The van der Waals surface area contributed by atoms with Crippen molar-refractivity contribution in [2.45, 2.75) is 32.2 Å². The first-order valence-electron chi connectivity index (χ1n) is 9.79. The van der Waals surface area contributed by atoms with E-state index in [1.165, 1.54) is 10.6 Å². The molecule has 1 amide bonds. The fourth-order valence-corrected chi connectivity index (χ4v) is 3.41. The van der Waals surface area contributed by atoms with Crippen LogP contribution in [0.2, 0.25) is 0 Å². The van der Waals surface area contributed by atoms with Crippen LogP contribution < -0.4 is 0 Å². The lowest BCUT2D eigenvalue weighted by atomic mass is 9.99. The predicted molar refractivity (Wildman–Crippen MR) is 110 cm³/mol. The van der Waals surface area contributed by atoms with Crippen molar-refractivity contribution in [3.63, 3.8) is 0 Å². The number of fused-ring (bicyclic) bond motifs is 1. The highest BCUT2D eigenvalue weighted by Gasteiger charge is 2.20. The highest BCUT2D eigenvalue weighted by Crippen LogP contribution is 2.20. The van der Waals surface area contributed by atoms with Crippen LogP contribution in [-0.4, -0.2) is 22.6 Å². The molecule has 4 heteroatoms. The maximum atomic E-state index is 13.2. The maximum Gasteiger partial charge on any atom is 0.296 e. The molecular formula is C24H24N2O2. The Morgan fingerprint density at radius 2 is 1.93 bits per heavy atom. The molecule has 0 unspecified atom stereocenters. The summed E-state index contributed by atoms with van der Waals surface area (Å²) < 4.78 is 0. The van der Waals surface area contributed by atoms with E-state index in [0.717, 1.165) is 42.4 Å². The van der Waals surface area contributed by atoms with Gasteiger partial charge in [0.2, 0.25) is 0 Å². The Balaban J connectivity index is 1.54. The molecule has 2 aromatic rings. The molecule has 1 aromatic heterocycles. The first-order valence-corrected chi connectivity index (χ1v) is 9.79.